The fourth-order valence-corrected chi connectivity index (χ4v) is 4.77. The first-order valence-corrected chi connectivity index (χ1v) is 19.2. The molecule has 0 unspecified atom stereocenters. The second-order valence-corrected chi connectivity index (χ2v) is 14.9. The van der Waals surface area contributed by atoms with Gasteiger partial charge in [-0.05, 0) is 36.3 Å². The Kier molecular flexibility index (Phi) is 10.4. The summed E-state index contributed by atoms with van der Waals surface area (Å²) < 4.78 is 0. The number of fused-ring (bicyclic) bond motifs is 2. The van der Waals surface area contributed by atoms with E-state index in [1.165, 1.54) is 60.5 Å². The van der Waals surface area contributed by atoms with E-state index in [1.807, 2.05) is 0 Å². The molecule has 0 bridgehead atoms. The monoisotopic (exact) mass is 606 g/mol. The number of aryl methyl sites for hydroxylation is 2. The van der Waals surface area contributed by atoms with Crippen molar-refractivity contribution in [1.82, 2.24) is 0 Å². The first-order chi connectivity index (χ1) is 17.5. The van der Waals surface area contributed by atoms with Crippen LogP contribution in [0.1, 0.15) is 68.4 Å². The SMILES string of the molecule is CC(C)c1cc2ccccc2[cH-]1.Cc1cc2c(-c3ccc(C(C)(C)C)cc3)c(C)c(C)cc2[cH-]1.[Cl][Zr+2][Cl]. The molecule has 0 aliphatic heterocycles. The van der Waals surface area contributed by atoms with E-state index in [0.29, 0.717) is 5.92 Å². The van der Waals surface area contributed by atoms with E-state index in [9.17, 15) is 0 Å². The average Bonchev–Trinajstić information content (AvgIpc) is 3.43. The Morgan fingerprint density at radius 3 is 1.97 bits per heavy atom. The molecule has 5 aromatic rings. The quantitative estimate of drug-likeness (QED) is 0.175. The van der Waals surface area contributed by atoms with Crippen LogP contribution in [0.4, 0.5) is 0 Å². The molecule has 0 N–H and O–H groups in total. The summed E-state index contributed by atoms with van der Waals surface area (Å²) in [6, 6.07) is 29.1. The van der Waals surface area contributed by atoms with Crippen LogP contribution in [0.2, 0.25) is 0 Å². The van der Waals surface area contributed by atoms with Crippen LogP contribution in [-0.4, -0.2) is 0 Å². The molecule has 192 valence electrons. The van der Waals surface area contributed by atoms with Gasteiger partial charge in [0.1, 0.15) is 0 Å². The van der Waals surface area contributed by atoms with E-state index in [4.69, 9.17) is 17.0 Å². The van der Waals surface area contributed by atoms with Crippen LogP contribution < -0.4 is 0 Å². The molecule has 0 atom stereocenters. The van der Waals surface area contributed by atoms with E-state index in [1.54, 1.807) is 0 Å². The minimum atomic E-state index is -0.826. The summed E-state index contributed by atoms with van der Waals surface area (Å²) in [5.74, 6) is 0.636. The Labute approximate surface area is 242 Å². The van der Waals surface area contributed by atoms with Crippen molar-refractivity contribution in [2.75, 3.05) is 0 Å². The van der Waals surface area contributed by atoms with Crippen LogP contribution in [0.3, 0.4) is 0 Å². The van der Waals surface area contributed by atoms with Crippen LogP contribution in [0, 0.1) is 20.8 Å². The zero-order valence-corrected chi connectivity index (χ0v) is 27.3. The second kappa shape index (κ2) is 12.9. The molecule has 0 aromatic heterocycles. The molecule has 0 aliphatic carbocycles. The van der Waals surface area contributed by atoms with Gasteiger partial charge in [0.05, 0.1) is 0 Å². The molecule has 37 heavy (non-hydrogen) atoms. The zero-order chi connectivity index (χ0) is 27.3. The van der Waals surface area contributed by atoms with Crippen LogP contribution in [-0.2, 0) is 26.3 Å². The van der Waals surface area contributed by atoms with Crippen molar-refractivity contribution in [1.29, 1.82) is 0 Å². The number of rotatable bonds is 2. The van der Waals surface area contributed by atoms with Crippen molar-refractivity contribution in [3.63, 3.8) is 0 Å². The molecule has 0 spiro atoms. The summed E-state index contributed by atoms with van der Waals surface area (Å²) in [5, 5.41) is 5.46. The van der Waals surface area contributed by atoms with Gasteiger partial charge in [-0.3, -0.25) is 0 Å². The third-order valence-electron chi connectivity index (χ3n) is 7.02. The van der Waals surface area contributed by atoms with Crippen molar-refractivity contribution in [2.45, 2.75) is 66.7 Å². The number of halogens is 2. The van der Waals surface area contributed by atoms with Crippen LogP contribution >= 0.6 is 17.0 Å². The normalized spacial score (nSPS) is 11.1. The molecule has 0 heterocycles. The summed E-state index contributed by atoms with van der Waals surface area (Å²) in [6.45, 7) is 17.9. The molecule has 0 nitrogen and oxygen atoms in total. The molecule has 5 rings (SSSR count). The average molecular weight is 609 g/mol. The Hall–Kier alpha value is -1.66. The van der Waals surface area contributed by atoms with Crippen LogP contribution in [0.5, 0.6) is 0 Å². The van der Waals surface area contributed by atoms with Crippen molar-refractivity contribution in [3.05, 3.63) is 107 Å². The van der Waals surface area contributed by atoms with Gasteiger partial charge in [-0.1, -0.05) is 88.6 Å². The van der Waals surface area contributed by atoms with Gasteiger partial charge in [0.25, 0.3) is 0 Å². The topological polar surface area (TPSA) is 0 Å². The minimum absolute atomic E-state index is 0.201. The van der Waals surface area contributed by atoms with E-state index in [2.05, 4.69) is 134 Å². The summed E-state index contributed by atoms with van der Waals surface area (Å²) >= 11 is -0.826. The van der Waals surface area contributed by atoms with Gasteiger partial charge >= 0.3 is 37.9 Å². The van der Waals surface area contributed by atoms with E-state index in [0.717, 1.165) is 0 Å². The predicted molar refractivity (Wildman–Crippen MR) is 163 cm³/mol. The van der Waals surface area contributed by atoms with Crippen molar-refractivity contribution in [3.8, 4) is 11.1 Å². The van der Waals surface area contributed by atoms with Gasteiger partial charge in [-0.15, -0.1) is 69.1 Å². The molecule has 0 radical (unpaired) electrons. The number of hydrogen-bond donors (Lipinski definition) is 0. The van der Waals surface area contributed by atoms with Gasteiger partial charge in [0.2, 0.25) is 0 Å². The summed E-state index contributed by atoms with van der Waals surface area (Å²) in [7, 11) is 9.87. The fourth-order valence-electron chi connectivity index (χ4n) is 4.77. The summed E-state index contributed by atoms with van der Waals surface area (Å²) in [5.41, 5.74) is 9.84. The zero-order valence-electron chi connectivity index (χ0n) is 23.3. The Balaban J connectivity index is 0.000000212. The van der Waals surface area contributed by atoms with E-state index in [-0.39, 0.29) is 5.41 Å². The Morgan fingerprint density at radius 2 is 1.41 bits per heavy atom. The number of benzene rings is 3. The molecule has 0 amide bonds. The third-order valence-corrected chi connectivity index (χ3v) is 7.02. The van der Waals surface area contributed by atoms with E-state index >= 15 is 0 Å². The van der Waals surface area contributed by atoms with Crippen LogP contribution in [0.15, 0.2) is 78.9 Å². The Bertz CT molecular complexity index is 1410. The molecule has 3 heteroatoms. The van der Waals surface area contributed by atoms with Gasteiger partial charge < -0.3 is 0 Å². The molecule has 5 aromatic carbocycles. The molecule has 0 fully saturated rings. The maximum absolute atomic E-state index is 4.93. The molecule has 0 aliphatic rings. The standard InChI is InChI=1S/C22H25.C12H13.2ClH.Zr/c1-14-11-18-13-15(2)16(3)21(20(18)12-14)17-7-9-19(10-8-17)22(4,5)6;1-9(2)12-7-10-5-3-4-6-11(10)8-12;;;/h7-13H,1-6H3;3-9H,1-2H3;2*1H;/q2*-1;;;+4/p-2. The third kappa shape index (κ3) is 7.47. The fraction of sp³-hybridized carbons (Fsp3) is 0.294. The van der Waals surface area contributed by atoms with Crippen molar-refractivity contribution in [2.24, 2.45) is 0 Å². The number of hydrogen-bond acceptors (Lipinski definition) is 0. The van der Waals surface area contributed by atoms with Crippen molar-refractivity contribution >= 4 is 38.6 Å². The molecule has 0 saturated heterocycles. The van der Waals surface area contributed by atoms with E-state index < -0.39 is 20.8 Å². The van der Waals surface area contributed by atoms with Gasteiger partial charge in [-0.25, -0.2) is 0 Å². The summed E-state index contributed by atoms with van der Waals surface area (Å²) in [6.07, 6.45) is 0. The molecular weight excluding hydrogens is 571 g/mol. The van der Waals surface area contributed by atoms with Gasteiger partial charge in [-0.2, -0.15) is 12.1 Å². The van der Waals surface area contributed by atoms with Crippen LogP contribution in [0.25, 0.3) is 32.7 Å². The first kappa shape index (κ1) is 29.9. The maximum atomic E-state index is 4.93. The molecule has 0 saturated carbocycles. The Morgan fingerprint density at radius 1 is 0.784 bits per heavy atom. The second-order valence-electron chi connectivity index (χ2n) is 11.2. The molecular formula is C34H38Cl2Zr. The first-order valence-electron chi connectivity index (χ1n) is 12.9. The summed E-state index contributed by atoms with van der Waals surface area (Å²) in [4.78, 5) is 0. The predicted octanol–water partition coefficient (Wildman–Crippen LogP) is 11.5. The van der Waals surface area contributed by atoms with Crippen molar-refractivity contribution < 1.29 is 20.8 Å². The van der Waals surface area contributed by atoms with Gasteiger partial charge in [0, 0.05) is 0 Å². The van der Waals surface area contributed by atoms with Gasteiger partial charge in [0.15, 0.2) is 0 Å².